The van der Waals surface area contributed by atoms with Gasteiger partial charge in [0.15, 0.2) is 5.82 Å². The van der Waals surface area contributed by atoms with Crippen LogP contribution in [0.1, 0.15) is 49.2 Å². The smallest absolute Gasteiger partial charge is 0.173 e. The highest BCUT2D eigenvalue weighted by Crippen LogP contribution is 2.35. The van der Waals surface area contributed by atoms with Crippen LogP contribution in [0.25, 0.3) is 0 Å². The average Bonchev–Trinajstić information content (AvgIpc) is 3.30. The second-order valence-corrected chi connectivity index (χ2v) is 7.18. The molecule has 0 amide bonds. The lowest BCUT2D eigenvalue weighted by Crippen LogP contribution is -2.47. The van der Waals surface area contributed by atoms with Crippen molar-refractivity contribution in [3.8, 4) is 0 Å². The highest BCUT2D eigenvalue weighted by atomic mass is 19.1. The number of nitrogens with zero attached hydrogens (tertiary/aromatic N) is 6. The molecule has 1 aliphatic heterocycles. The summed E-state index contributed by atoms with van der Waals surface area (Å²) in [6, 6.07) is 7.14. The summed E-state index contributed by atoms with van der Waals surface area (Å²) in [6.45, 7) is 3.70. The maximum atomic E-state index is 14.7. The standard InChI is InChI=1S/C18H25FN6/c1-23-10-12-24(13-11-23)17(15-8-4-5-9-16(15)19)18-20-21-22-25(18)14-6-2-3-7-14/h4-5,8-9,14,17H,2-3,6-7,10-13H2,1H3. The molecule has 2 aromatic rings. The summed E-state index contributed by atoms with van der Waals surface area (Å²) < 4.78 is 16.6. The van der Waals surface area contributed by atoms with Crippen LogP contribution >= 0.6 is 0 Å². The van der Waals surface area contributed by atoms with Gasteiger partial charge in [0.25, 0.3) is 0 Å². The molecule has 0 spiro atoms. The van der Waals surface area contributed by atoms with E-state index in [9.17, 15) is 4.39 Å². The van der Waals surface area contributed by atoms with E-state index in [0.29, 0.717) is 11.6 Å². The molecular formula is C18H25FN6. The molecule has 6 nitrogen and oxygen atoms in total. The van der Waals surface area contributed by atoms with E-state index in [2.05, 4.69) is 32.4 Å². The molecule has 25 heavy (non-hydrogen) atoms. The minimum absolute atomic E-state index is 0.188. The van der Waals surface area contributed by atoms with Crippen LogP contribution < -0.4 is 0 Å². The highest BCUT2D eigenvalue weighted by molar-refractivity contribution is 5.27. The van der Waals surface area contributed by atoms with Gasteiger partial charge in [-0.25, -0.2) is 9.07 Å². The lowest BCUT2D eigenvalue weighted by Gasteiger charge is -2.37. The summed E-state index contributed by atoms with van der Waals surface area (Å²) in [5.41, 5.74) is 0.668. The van der Waals surface area contributed by atoms with Crippen molar-refractivity contribution in [2.75, 3.05) is 33.2 Å². The van der Waals surface area contributed by atoms with E-state index < -0.39 is 0 Å². The zero-order chi connectivity index (χ0) is 17.2. The third-order valence-corrected chi connectivity index (χ3v) is 5.54. The fraction of sp³-hybridized carbons (Fsp3) is 0.611. The molecule has 1 saturated heterocycles. The summed E-state index contributed by atoms with van der Waals surface area (Å²) in [5.74, 6) is 0.592. The summed E-state index contributed by atoms with van der Waals surface area (Å²) in [7, 11) is 2.12. The Kier molecular flexibility index (Phi) is 4.76. The molecule has 2 fully saturated rings. The predicted octanol–water partition coefficient (Wildman–Crippen LogP) is 2.26. The molecule has 1 aromatic carbocycles. The number of tetrazole rings is 1. The fourth-order valence-corrected chi connectivity index (χ4v) is 4.07. The Labute approximate surface area is 147 Å². The van der Waals surface area contributed by atoms with Crippen LogP contribution in [0.15, 0.2) is 24.3 Å². The van der Waals surface area contributed by atoms with Gasteiger partial charge in [0.1, 0.15) is 11.9 Å². The Morgan fingerprint density at radius 3 is 2.52 bits per heavy atom. The van der Waals surface area contributed by atoms with Crippen molar-refractivity contribution in [3.05, 3.63) is 41.5 Å². The number of rotatable bonds is 4. The van der Waals surface area contributed by atoms with Crippen LogP contribution in [0.3, 0.4) is 0 Å². The molecule has 7 heteroatoms. The van der Waals surface area contributed by atoms with Gasteiger partial charge in [0.2, 0.25) is 0 Å². The van der Waals surface area contributed by atoms with Crippen molar-refractivity contribution < 1.29 is 4.39 Å². The number of likely N-dealkylation sites (N-methyl/N-ethyl adjacent to an activating group) is 1. The van der Waals surface area contributed by atoms with Crippen LogP contribution in [0.5, 0.6) is 0 Å². The SMILES string of the molecule is CN1CCN(C(c2ccccc2F)c2nnnn2C2CCCC2)CC1. The predicted molar refractivity (Wildman–Crippen MR) is 92.6 cm³/mol. The Morgan fingerprint density at radius 2 is 1.80 bits per heavy atom. The first-order valence-electron chi connectivity index (χ1n) is 9.19. The van der Waals surface area contributed by atoms with Gasteiger partial charge in [-0.3, -0.25) is 4.90 Å². The van der Waals surface area contributed by atoms with Crippen molar-refractivity contribution >= 4 is 0 Å². The van der Waals surface area contributed by atoms with E-state index in [0.717, 1.165) is 44.8 Å². The molecule has 134 valence electrons. The van der Waals surface area contributed by atoms with Gasteiger partial charge < -0.3 is 4.90 Å². The Morgan fingerprint density at radius 1 is 1.08 bits per heavy atom. The molecule has 1 saturated carbocycles. The van der Waals surface area contributed by atoms with E-state index in [-0.39, 0.29) is 11.9 Å². The summed E-state index contributed by atoms with van der Waals surface area (Å²) in [4.78, 5) is 4.62. The minimum Gasteiger partial charge on any atom is -0.304 e. The van der Waals surface area contributed by atoms with Crippen molar-refractivity contribution in [1.82, 2.24) is 30.0 Å². The van der Waals surface area contributed by atoms with Crippen molar-refractivity contribution in [1.29, 1.82) is 0 Å². The molecule has 0 radical (unpaired) electrons. The first-order chi connectivity index (χ1) is 12.2. The van der Waals surface area contributed by atoms with Crippen molar-refractivity contribution in [2.45, 2.75) is 37.8 Å². The Bertz CT molecular complexity index is 703. The highest BCUT2D eigenvalue weighted by Gasteiger charge is 2.33. The number of benzene rings is 1. The van der Waals surface area contributed by atoms with Gasteiger partial charge in [-0.2, -0.15) is 0 Å². The van der Waals surface area contributed by atoms with Crippen molar-refractivity contribution in [3.63, 3.8) is 0 Å². The largest absolute Gasteiger partial charge is 0.304 e. The first-order valence-corrected chi connectivity index (χ1v) is 9.19. The van der Waals surface area contributed by atoms with Crippen LogP contribution in [-0.2, 0) is 0 Å². The van der Waals surface area contributed by atoms with Gasteiger partial charge in [0, 0.05) is 31.7 Å². The monoisotopic (exact) mass is 344 g/mol. The average molecular weight is 344 g/mol. The topological polar surface area (TPSA) is 50.1 Å². The van der Waals surface area contributed by atoms with Gasteiger partial charge in [-0.15, -0.1) is 5.10 Å². The zero-order valence-electron chi connectivity index (χ0n) is 14.7. The quantitative estimate of drug-likeness (QED) is 0.852. The van der Waals surface area contributed by atoms with Gasteiger partial charge >= 0.3 is 0 Å². The number of piperazine rings is 1. The van der Waals surface area contributed by atoms with Gasteiger partial charge in [-0.1, -0.05) is 31.0 Å². The molecular weight excluding hydrogens is 319 g/mol. The Balaban J connectivity index is 1.73. The molecule has 1 unspecified atom stereocenters. The number of halogens is 1. The Hall–Kier alpha value is -1.86. The molecule has 1 atom stereocenters. The molecule has 1 aromatic heterocycles. The maximum Gasteiger partial charge on any atom is 0.173 e. The molecule has 1 aliphatic carbocycles. The number of hydrogen-bond donors (Lipinski definition) is 0. The molecule has 0 bridgehead atoms. The van der Waals surface area contributed by atoms with Crippen LogP contribution in [0, 0.1) is 5.82 Å². The van der Waals surface area contributed by atoms with E-state index in [4.69, 9.17) is 0 Å². The zero-order valence-corrected chi connectivity index (χ0v) is 14.7. The van der Waals surface area contributed by atoms with E-state index in [1.165, 1.54) is 18.9 Å². The third-order valence-electron chi connectivity index (χ3n) is 5.54. The van der Waals surface area contributed by atoms with Gasteiger partial charge in [0.05, 0.1) is 6.04 Å². The van der Waals surface area contributed by atoms with Crippen LogP contribution in [-0.4, -0.2) is 63.2 Å². The minimum atomic E-state index is -0.231. The van der Waals surface area contributed by atoms with Crippen LogP contribution in [0.2, 0.25) is 0 Å². The van der Waals surface area contributed by atoms with Gasteiger partial charge in [-0.05, 0) is 36.4 Å². The fourth-order valence-electron chi connectivity index (χ4n) is 4.07. The lowest BCUT2D eigenvalue weighted by molar-refractivity contribution is 0.119. The lowest BCUT2D eigenvalue weighted by atomic mass is 10.0. The molecule has 0 N–H and O–H groups in total. The van der Waals surface area contributed by atoms with Crippen LogP contribution in [0.4, 0.5) is 4.39 Å². The maximum absolute atomic E-state index is 14.7. The third kappa shape index (κ3) is 3.30. The number of aromatic nitrogens is 4. The second-order valence-electron chi connectivity index (χ2n) is 7.18. The molecule has 2 aliphatic rings. The normalized spacial score (nSPS) is 21.7. The first kappa shape index (κ1) is 16.6. The summed E-state index contributed by atoms with van der Waals surface area (Å²) >= 11 is 0. The molecule has 4 rings (SSSR count). The summed E-state index contributed by atoms with van der Waals surface area (Å²) in [6.07, 6.45) is 4.63. The molecule has 2 heterocycles. The number of hydrogen-bond acceptors (Lipinski definition) is 5. The van der Waals surface area contributed by atoms with Crippen molar-refractivity contribution in [2.24, 2.45) is 0 Å². The van der Waals surface area contributed by atoms with E-state index in [1.54, 1.807) is 6.07 Å². The summed E-state index contributed by atoms with van der Waals surface area (Å²) in [5, 5.41) is 12.6. The van der Waals surface area contributed by atoms with E-state index >= 15 is 0 Å². The second kappa shape index (κ2) is 7.17. The van der Waals surface area contributed by atoms with E-state index in [1.807, 2.05) is 16.8 Å².